The summed E-state index contributed by atoms with van der Waals surface area (Å²) in [6.45, 7) is 6.49. The Hall–Kier alpha value is -2.34. The molecule has 6 heteroatoms. The highest BCUT2D eigenvalue weighted by Crippen LogP contribution is 2.18. The maximum Gasteiger partial charge on any atom is 0.251 e. The van der Waals surface area contributed by atoms with Crippen molar-refractivity contribution in [3.05, 3.63) is 46.8 Å². The van der Waals surface area contributed by atoms with Crippen LogP contribution in [-0.2, 0) is 11.3 Å². The zero-order valence-corrected chi connectivity index (χ0v) is 13.9. The molecule has 0 spiro atoms. The van der Waals surface area contributed by atoms with Crippen LogP contribution in [0.15, 0.2) is 28.8 Å². The van der Waals surface area contributed by atoms with E-state index in [0.29, 0.717) is 24.5 Å². The minimum atomic E-state index is -0.133. The van der Waals surface area contributed by atoms with Gasteiger partial charge in [0.05, 0.1) is 17.9 Å². The Labute approximate surface area is 135 Å². The topological polar surface area (TPSA) is 73.6 Å². The number of benzene rings is 1. The van der Waals surface area contributed by atoms with Gasteiger partial charge in [-0.15, -0.1) is 0 Å². The van der Waals surface area contributed by atoms with Crippen LogP contribution in [0, 0.1) is 13.8 Å². The molecular formula is C17H22N2O4. The Kier molecular flexibility index (Phi) is 5.76. The highest BCUT2D eigenvalue weighted by molar-refractivity contribution is 5.94. The Bertz CT molecular complexity index is 630. The first-order valence-electron chi connectivity index (χ1n) is 7.45. The first-order valence-corrected chi connectivity index (χ1v) is 7.45. The molecule has 1 amide bonds. The molecule has 1 unspecified atom stereocenters. The Morgan fingerprint density at radius 3 is 2.57 bits per heavy atom. The number of nitrogens with zero attached hydrogens (tertiary/aromatic N) is 1. The molecule has 23 heavy (non-hydrogen) atoms. The predicted molar refractivity (Wildman–Crippen MR) is 85.6 cm³/mol. The standard InChI is InChI=1S/C17H22N2O4/c1-11(9-21-4)18-17(20)14-5-7-15(8-6-14)22-10-16-12(2)19-23-13(16)3/h5-8,11H,9-10H2,1-4H3,(H,18,20). The van der Waals surface area contributed by atoms with Gasteiger partial charge in [-0.25, -0.2) is 0 Å². The maximum atomic E-state index is 12.0. The highest BCUT2D eigenvalue weighted by Gasteiger charge is 2.11. The van der Waals surface area contributed by atoms with Crippen molar-refractivity contribution in [3.63, 3.8) is 0 Å². The molecule has 0 saturated heterocycles. The molecule has 6 nitrogen and oxygen atoms in total. The molecule has 1 atom stereocenters. The lowest BCUT2D eigenvalue weighted by Crippen LogP contribution is -2.35. The van der Waals surface area contributed by atoms with Gasteiger partial charge in [0.1, 0.15) is 18.1 Å². The number of aryl methyl sites for hydroxylation is 2. The van der Waals surface area contributed by atoms with Crippen molar-refractivity contribution in [1.29, 1.82) is 0 Å². The van der Waals surface area contributed by atoms with Crippen LogP contribution < -0.4 is 10.1 Å². The molecule has 0 fully saturated rings. The van der Waals surface area contributed by atoms with E-state index in [1.165, 1.54) is 0 Å². The van der Waals surface area contributed by atoms with Gasteiger partial charge >= 0.3 is 0 Å². The molecule has 2 aromatic rings. The van der Waals surface area contributed by atoms with Crippen LogP contribution in [-0.4, -0.2) is 30.8 Å². The van der Waals surface area contributed by atoms with Crippen LogP contribution in [0.3, 0.4) is 0 Å². The molecule has 0 bridgehead atoms. The van der Waals surface area contributed by atoms with Crippen molar-refractivity contribution in [2.45, 2.75) is 33.4 Å². The zero-order chi connectivity index (χ0) is 16.8. The Morgan fingerprint density at radius 1 is 1.30 bits per heavy atom. The minimum absolute atomic E-state index is 0.0389. The molecule has 1 aromatic carbocycles. The van der Waals surface area contributed by atoms with Gasteiger partial charge in [-0.3, -0.25) is 4.79 Å². The normalized spacial score (nSPS) is 12.0. The molecule has 2 rings (SSSR count). The average Bonchev–Trinajstić information content (AvgIpc) is 2.84. The second kappa shape index (κ2) is 7.78. The van der Waals surface area contributed by atoms with Gasteiger partial charge in [0.25, 0.3) is 5.91 Å². The lowest BCUT2D eigenvalue weighted by atomic mass is 10.2. The van der Waals surface area contributed by atoms with Gasteiger partial charge in [0.15, 0.2) is 0 Å². The fourth-order valence-electron chi connectivity index (χ4n) is 2.16. The van der Waals surface area contributed by atoms with Gasteiger partial charge in [0, 0.05) is 18.7 Å². The lowest BCUT2D eigenvalue weighted by Gasteiger charge is -2.13. The van der Waals surface area contributed by atoms with Crippen molar-refractivity contribution in [1.82, 2.24) is 10.5 Å². The number of methoxy groups -OCH3 is 1. The van der Waals surface area contributed by atoms with Crippen molar-refractivity contribution in [2.75, 3.05) is 13.7 Å². The summed E-state index contributed by atoms with van der Waals surface area (Å²) < 4.78 is 15.8. The van der Waals surface area contributed by atoms with Crippen LogP contribution in [0.25, 0.3) is 0 Å². The third kappa shape index (κ3) is 4.56. The number of amides is 1. The van der Waals surface area contributed by atoms with Crippen molar-refractivity contribution < 1.29 is 18.8 Å². The molecule has 1 aromatic heterocycles. The highest BCUT2D eigenvalue weighted by atomic mass is 16.5. The summed E-state index contributed by atoms with van der Waals surface area (Å²) in [6, 6.07) is 6.97. The lowest BCUT2D eigenvalue weighted by molar-refractivity contribution is 0.0905. The molecule has 0 aliphatic rings. The predicted octanol–water partition coefficient (Wildman–Crippen LogP) is 2.64. The first-order chi connectivity index (χ1) is 11.0. The fraction of sp³-hybridized carbons (Fsp3) is 0.412. The largest absolute Gasteiger partial charge is 0.489 e. The monoisotopic (exact) mass is 318 g/mol. The van der Waals surface area contributed by atoms with Crippen LogP contribution in [0.1, 0.15) is 34.3 Å². The quantitative estimate of drug-likeness (QED) is 0.849. The van der Waals surface area contributed by atoms with Crippen LogP contribution in [0.2, 0.25) is 0 Å². The summed E-state index contributed by atoms with van der Waals surface area (Å²) in [7, 11) is 1.60. The number of hydrogen-bond donors (Lipinski definition) is 1. The van der Waals surface area contributed by atoms with Gasteiger partial charge < -0.3 is 19.3 Å². The summed E-state index contributed by atoms with van der Waals surface area (Å²) in [5, 5.41) is 6.75. The summed E-state index contributed by atoms with van der Waals surface area (Å²) in [5.74, 6) is 1.31. The molecule has 0 radical (unpaired) electrons. The molecule has 1 heterocycles. The molecular weight excluding hydrogens is 296 g/mol. The van der Waals surface area contributed by atoms with Crippen LogP contribution in [0.5, 0.6) is 5.75 Å². The van der Waals surface area contributed by atoms with E-state index in [1.807, 2.05) is 20.8 Å². The number of ether oxygens (including phenoxy) is 2. The number of nitrogens with one attached hydrogen (secondary N) is 1. The molecule has 124 valence electrons. The van der Waals surface area contributed by atoms with Crippen molar-refractivity contribution >= 4 is 5.91 Å². The Morgan fingerprint density at radius 2 is 2.00 bits per heavy atom. The van der Waals surface area contributed by atoms with E-state index in [9.17, 15) is 4.79 Å². The van der Waals surface area contributed by atoms with E-state index in [4.69, 9.17) is 14.0 Å². The van der Waals surface area contributed by atoms with Crippen molar-refractivity contribution in [3.8, 4) is 5.75 Å². The van der Waals surface area contributed by atoms with E-state index < -0.39 is 0 Å². The summed E-state index contributed by atoms with van der Waals surface area (Å²) >= 11 is 0. The number of carbonyl (C=O) groups is 1. The summed E-state index contributed by atoms with van der Waals surface area (Å²) in [4.78, 5) is 12.0. The second-order valence-corrected chi connectivity index (χ2v) is 5.45. The minimum Gasteiger partial charge on any atom is -0.489 e. The average molecular weight is 318 g/mol. The zero-order valence-electron chi connectivity index (χ0n) is 13.9. The first kappa shape index (κ1) is 17.0. The SMILES string of the molecule is COCC(C)NC(=O)c1ccc(OCc2c(C)noc2C)cc1. The van der Waals surface area contributed by atoms with E-state index in [-0.39, 0.29) is 11.9 Å². The van der Waals surface area contributed by atoms with Gasteiger partial charge in [-0.05, 0) is 45.0 Å². The van der Waals surface area contributed by atoms with Crippen LogP contribution >= 0.6 is 0 Å². The third-order valence-electron chi connectivity index (χ3n) is 3.48. The van der Waals surface area contributed by atoms with E-state index >= 15 is 0 Å². The number of hydrogen-bond acceptors (Lipinski definition) is 5. The van der Waals surface area contributed by atoms with Gasteiger partial charge in [0.2, 0.25) is 0 Å². The molecule has 1 N–H and O–H groups in total. The summed E-state index contributed by atoms with van der Waals surface area (Å²) in [6.07, 6.45) is 0. The Balaban J connectivity index is 1.93. The van der Waals surface area contributed by atoms with Gasteiger partial charge in [-0.2, -0.15) is 0 Å². The van der Waals surface area contributed by atoms with Crippen LogP contribution in [0.4, 0.5) is 0 Å². The van der Waals surface area contributed by atoms with Gasteiger partial charge in [-0.1, -0.05) is 5.16 Å². The van der Waals surface area contributed by atoms with E-state index in [0.717, 1.165) is 17.0 Å². The van der Waals surface area contributed by atoms with E-state index in [2.05, 4.69) is 10.5 Å². The molecule has 0 aliphatic heterocycles. The van der Waals surface area contributed by atoms with E-state index in [1.54, 1.807) is 31.4 Å². The number of carbonyl (C=O) groups excluding carboxylic acids is 1. The van der Waals surface area contributed by atoms with Crippen molar-refractivity contribution in [2.24, 2.45) is 0 Å². The fourth-order valence-corrected chi connectivity index (χ4v) is 2.16. The summed E-state index contributed by atoms with van der Waals surface area (Å²) in [5.41, 5.74) is 2.35. The molecule has 0 saturated carbocycles. The smallest absolute Gasteiger partial charge is 0.251 e. The second-order valence-electron chi connectivity index (χ2n) is 5.45. The third-order valence-corrected chi connectivity index (χ3v) is 3.48. The maximum absolute atomic E-state index is 12.0. The number of rotatable bonds is 7. The molecule has 0 aliphatic carbocycles. The number of aromatic nitrogens is 1.